The molecule has 1 heterocycles. The van der Waals surface area contributed by atoms with Crippen molar-refractivity contribution in [1.29, 1.82) is 0 Å². The number of carbonyl (C=O) groups is 2. The molecule has 2 atom stereocenters. The molecule has 0 aromatic heterocycles. The largest absolute Gasteiger partial charge is 0.443 e. The van der Waals surface area contributed by atoms with E-state index in [4.69, 9.17) is 14.3 Å². The fourth-order valence-corrected chi connectivity index (χ4v) is 4.04. The molecule has 1 aliphatic heterocycles. The Labute approximate surface area is 215 Å². The molecule has 0 spiro atoms. The van der Waals surface area contributed by atoms with E-state index in [0.717, 1.165) is 37.1 Å². The van der Waals surface area contributed by atoms with E-state index in [1.807, 2.05) is 30.3 Å². The minimum absolute atomic E-state index is 0.281. The second kappa shape index (κ2) is 12.4. The summed E-state index contributed by atoms with van der Waals surface area (Å²) in [7, 11) is 0. The predicted octanol–water partition coefficient (Wildman–Crippen LogP) is 5.91. The zero-order chi connectivity index (χ0) is 27.0. The van der Waals surface area contributed by atoms with Gasteiger partial charge >= 0.3 is 12.2 Å². The molecular formula is C27H43N3O6. The first kappa shape index (κ1) is 29.4. The number of carbonyl (C=O) groups excluding carboxylic acids is 2. The lowest BCUT2D eigenvalue weighted by atomic mass is 9.82. The highest BCUT2D eigenvalue weighted by Crippen LogP contribution is 2.37. The summed E-state index contributed by atoms with van der Waals surface area (Å²) in [4.78, 5) is 31.8. The summed E-state index contributed by atoms with van der Waals surface area (Å²) < 4.78 is 11.1. The first-order valence-corrected chi connectivity index (χ1v) is 12.8. The highest BCUT2D eigenvalue weighted by Gasteiger charge is 2.58. The van der Waals surface area contributed by atoms with Crippen molar-refractivity contribution in [2.75, 3.05) is 0 Å². The Balaban J connectivity index is 2.51. The van der Waals surface area contributed by atoms with Crippen LogP contribution in [0.4, 0.5) is 9.59 Å². The number of unbranched alkanes of at least 4 members (excludes halogenated alkanes) is 5. The first-order valence-electron chi connectivity index (χ1n) is 12.8. The van der Waals surface area contributed by atoms with Crippen LogP contribution in [-0.2, 0) is 14.3 Å². The average molecular weight is 506 g/mol. The number of hydrogen-bond acceptors (Lipinski definition) is 7. The number of amides is 2. The lowest BCUT2D eigenvalue weighted by molar-refractivity contribution is -0.151. The number of hydrazine groups is 1. The van der Waals surface area contributed by atoms with Gasteiger partial charge in [0, 0.05) is 5.56 Å². The van der Waals surface area contributed by atoms with E-state index in [-0.39, 0.29) is 6.42 Å². The number of nitrogens with zero attached hydrogens (tertiary/aromatic N) is 2. The van der Waals surface area contributed by atoms with Crippen molar-refractivity contribution < 1.29 is 29.0 Å². The maximum absolute atomic E-state index is 13.6. The second-order valence-corrected chi connectivity index (χ2v) is 11.1. The standard InChI is InChI=1S/C27H43N3O6/c1-8-9-10-11-12-16-19-27(21(29-36-22(27)31)20-17-14-13-15-18-20)30(24(33)35-26(5,6)7)28-23(32)34-25(2,3)4/h13-15,17-18,22,31H,8-12,16,19H2,1-7H3,(H,28,32). The molecular weight excluding hydrogens is 462 g/mol. The van der Waals surface area contributed by atoms with Crippen molar-refractivity contribution in [3.8, 4) is 0 Å². The molecule has 1 aromatic carbocycles. The monoisotopic (exact) mass is 505 g/mol. The van der Waals surface area contributed by atoms with Gasteiger partial charge in [0.25, 0.3) is 6.29 Å². The number of aliphatic hydroxyl groups is 1. The maximum Gasteiger partial charge on any atom is 0.430 e. The van der Waals surface area contributed by atoms with E-state index in [9.17, 15) is 14.7 Å². The van der Waals surface area contributed by atoms with Gasteiger partial charge in [-0.1, -0.05) is 80.9 Å². The average Bonchev–Trinajstić information content (AvgIpc) is 3.09. The highest BCUT2D eigenvalue weighted by molar-refractivity contribution is 6.09. The van der Waals surface area contributed by atoms with Crippen LogP contribution in [0.5, 0.6) is 0 Å². The third-order valence-electron chi connectivity index (χ3n) is 5.60. The van der Waals surface area contributed by atoms with E-state index in [2.05, 4.69) is 17.5 Å². The highest BCUT2D eigenvalue weighted by atomic mass is 16.7. The number of aliphatic hydroxyl groups excluding tert-OH is 1. The van der Waals surface area contributed by atoms with Crippen molar-refractivity contribution in [2.24, 2.45) is 5.16 Å². The molecule has 0 fully saturated rings. The fourth-order valence-electron chi connectivity index (χ4n) is 4.04. The number of oxime groups is 1. The van der Waals surface area contributed by atoms with E-state index in [1.165, 1.54) is 0 Å². The Morgan fingerprint density at radius 2 is 1.58 bits per heavy atom. The molecule has 1 aromatic rings. The van der Waals surface area contributed by atoms with Crippen LogP contribution in [0.2, 0.25) is 0 Å². The van der Waals surface area contributed by atoms with Gasteiger partial charge in [-0.05, 0) is 48.0 Å². The molecule has 0 saturated carbocycles. The molecule has 0 saturated heterocycles. The molecule has 9 heteroatoms. The zero-order valence-electron chi connectivity index (χ0n) is 22.8. The van der Waals surface area contributed by atoms with Crippen molar-refractivity contribution >= 4 is 17.9 Å². The Kier molecular flexibility index (Phi) is 10.2. The van der Waals surface area contributed by atoms with Crippen molar-refractivity contribution in [3.63, 3.8) is 0 Å². The predicted molar refractivity (Wildman–Crippen MR) is 138 cm³/mol. The minimum Gasteiger partial charge on any atom is -0.443 e. The van der Waals surface area contributed by atoms with Gasteiger partial charge in [-0.15, -0.1) is 0 Å². The van der Waals surface area contributed by atoms with Crippen LogP contribution in [0.15, 0.2) is 35.5 Å². The van der Waals surface area contributed by atoms with Crippen LogP contribution in [0.25, 0.3) is 0 Å². The van der Waals surface area contributed by atoms with Crippen LogP contribution in [0, 0.1) is 0 Å². The van der Waals surface area contributed by atoms with E-state index < -0.39 is 35.2 Å². The lowest BCUT2D eigenvalue weighted by Crippen LogP contribution is -2.68. The maximum atomic E-state index is 13.6. The molecule has 0 aliphatic carbocycles. The Hall–Kier alpha value is -2.81. The summed E-state index contributed by atoms with van der Waals surface area (Å²) in [5.74, 6) is 0. The van der Waals surface area contributed by atoms with Crippen LogP contribution >= 0.6 is 0 Å². The zero-order valence-corrected chi connectivity index (χ0v) is 22.8. The van der Waals surface area contributed by atoms with Gasteiger partial charge < -0.3 is 19.4 Å². The number of hydrogen-bond donors (Lipinski definition) is 2. The lowest BCUT2D eigenvalue weighted by Gasteiger charge is -2.42. The molecule has 9 nitrogen and oxygen atoms in total. The summed E-state index contributed by atoms with van der Waals surface area (Å²) in [6.07, 6.45) is 2.98. The molecule has 1 aliphatic rings. The minimum atomic E-state index is -1.54. The van der Waals surface area contributed by atoms with Crippen LogP contribution in [-0.4, -0.2) is 51.0 Å². The van der Waals surface area contributed by atoms with E-state index in [1.54, 1.807) is 41.5 Å². The first-order chi connectivity index (χ1) is 16.8. The van der Waals surface area contributed by atoms with Gasteiger partial charge in [0.05, 0.1) is 0 Å². The Morgan fingerprint density at radius 1 is 1.00 bits per heavy atom. The van der Waals surface area contributed by atoms with Crippen LogP contribution in [0.1, 0.15) is 99.0 Å². The Bertz CT molecular complexity index is 891. The summed E-state index contributed by atoms with van der Waals surface area (Å²) in [5, 5.41) is 16.4. The van der Waals surface area contributed by atoms with E-state index >= 15 is 0 Å². The number of rotatable bonds is 9. The number of benzene rings is 1. The summed E-state index contributed by atoms with van der Waals surface area (Å²) >= 11 is 0. The Morgan fingerprint density at radius 3 is 2.17 bits per heavy atom. The third kappa shape index (κ3) is 8.11. The van der Waals surface area contributed by atoms with Crippen LogP contribution in [0.3, 0.4) is 0 Å². The summed E-state index contributed by atoms with van der Waals surface area (Å²) in [6.45, 7) is 12.5. The van der Waals surface area contributed by atoms with Crippen molar-refractivity contribution in [1.82, 2.24) is 10.4 Å². The second-order valence-electron chi connectivity index (χ2n) is 11.1. The molecule has 202 valence electrons. The van der Waals surface area contributed by atoms with Gasteiger partial charge in [0.1, 0.15) is 16.9 Å². The number of ether oxygens (including phenoxy) is 2. The van der Waals surface area contributed by atoms with Gasteiger partial charge in [-0.3, -0.25) is 0 Å². The fraction of sp³-hybridized carbons (Fsp3) is 0.667. The van der Waals surface area contributed by atoms with E-state index in [0.29, 0.717) is 17.7 Å². The van der Waals surface area contributed by atoms with Gasteiger partial charge in [-0.2, -0.15) is 5.01 Å². The summed E-state index contributed by atoms with van der Waals surface area (Å²) in [6, 6.07) is 9.15. The van der Waals surface area contributed by atoms with Gasteiger partial charge in [0.2, 0.25) is 0 Å². The SMILES string of the molecule is CCCCCCCCC1(N(NC(=O)OC(C)(C)C)C(=O)OC(C)(C)C)C(c2ccccc2)=NOC1O. The smallest absolute Gasteiger partial charge is 0.430 e. The molecule has 2 N–H and O–H groups in total. The molecule has 2 rings (SSSR count). The third-order valence-corrected chi connectivity index (χ3v) is 5.60. The molecule has 2 unspecified atom stereocenters. The van der Waals surface area contributed by atoms with Crippen LogP contribution < -0.4 is 5.43 Å². The topological polar surface area (TPSA) is 110 Å². The molecule has 36 heavy (non-hydrogen) atoms. The van der Waals surface area contributed by atoms with Gasteiger partial charge in [-0.25, -0.2) is 15.0 Å². The van der Waals surface area contributed by atoms with Crippen molar-refractivity contribution in [3.05, 3.63) is 35.9 Å². The normalized spacial score (nSPS) is 19.8. The summed E-state index contributed by atoms with van der Waals surface area (Å²) in [5.41, 5.74) is 0.319. The quantitative estimate of drug-likeness (QED) is 0.319. The van der Waals surface area contributed by atoms with Gasteiger partial charge in [0.15, 0.2) is 5.54 Å². The number of nitrogens with one attached hydrogen (secondary N) is 1. The molecule has 0 radical (unpaired) electrons. The van der Waals surface area contributed by atoms with Crippen molar-refractivity contribution in [2.45, 2.75) is 116 Å². The molecule has 0 bridgehead atoms. The molecule has 2 amide bonds.